The molecule has 0 bridgehead atoms. The molecular formula is C24H23F2N5O4S. The summed E-state index contributed by atoms with van der Waals surface area (Å²) >= 11 is 0.863. The van der Waals surface area contributed by atoms with Gasteiger partial charge in [-0.15, -0.1) is 5.10 Å². The summed E-state index contributed by atoms with van der Waals surface area (Å²) in [4.78, 5) is 23.7. The Morgan fingerprint density at radius 3 is 2.81 bits per heavy atom. The zero-order valence-electron chi connectivity index (χ0n) is 23.2. The summed E-state index contributed by atoms with van der Waals surface area (Å²) in [5.74, 6) is -2.08. The van der Waals surface area contributed by atoms with Crippen LogP contribution in [0.1, 0.15) is 58.5 Å². The number of amides is 1. The molecule has 1 saturated heterocycles. The van der Waals surface area contributed by atoms with Crippen LogP contribution in [0.25, 0.3) is 5.00 Å². The van der Waals surface area contributed by atoms with E-state index in [4.69, 9.17) is 19.7 Å². The van der Waals surface area contributed by atoms with Crippen molar-refractivity contribution < 1.29 is 33.3 Å². The second-order valence-corrected chi connectivity index (χ2v) is 9.35. The number of aliphatic imine (C=N–C) groups is 1. The van der Waals surface area contributed by atoms with Gasteiger partial charge >= 0.3 is 0 Å². The summed E-state index contributed by atoms with van der Waals surface area (Å²) in [6.45, 7) is -1.38. The van der Waals surface area contributed by atoms with Crippen molar-refractivity contribution in [1.82, 2.24) is 19.7 Å². The number of hydrogen-bond donors (Lipinski definition) is 0. The van der Waals surface area contributed by atoms with E-state index in [-0.39, 0.29) is 44.7 Å². The number of nitrogens with zero attached hydrogens (tertiary/aromatic N) is 5. The summed E-state index contributed by atoms with van der Waals surface area (Å²) in [7, 11) is 0. The molecule has 3 aliphatic heterocycles. The summed E-state index contributed by atoms with van der Waals surface area (Å²) in [5, 5.41) is 4.58. The third kappa shape index (κ3) is 3.71. The molecule has 1 fully saturated rings. The van der Waals surface area contributed by atoms with Gasteiger partial charge in [-0.2, -0.15) is 0 Å². The first-order valence-electron chi connectivity index (χ1n) is 13.3. The average Bonchev–Trinajstić information content (AvgIpc) is 3.40. The van der Waals surface area contributed by atoms with Crippen LogP contribution < -0.4 is 4.74 Å². The van der Waals surface area contributed by atoms with E-state index >= 15 is 8.78 Å². The van der Waals surface area contributed by atoms with Crippen molar-refractivity contribution >= 4 is 23.0 Å². The molecule has 0 spiro atoms. The molecule has 0 saturated carbocycles. The first-order chi connectivity index (χ1) is 18.9. The maximum Gasteiger partial charge on any atom is 0.293 e. The highest BCUT2D eigenvalue weighted by atomic mass is 32.1. The van der Waals surface area contributed by atoms with Gasteiger partial charge in [-0.3, -0.25) is 9.79 Å². The second kappa shape index (κ2) is 9.02. The van der Waals surface area contributed by atoms with Crippen LogP contribution in [0.5, 0.6) is 5.06 Å². The molecule has 1 amide bonds. The molecule has 0 unspecified atom stereocenters. The quantitative estimate of drug-likeness (QED) is 0.526. The first-order valence-corrected chi connectivity index (χ1v) is 12.1. The number of rotatable bonds is 4. The van der Waals surface area contributed by atoms with Crippen molar-refractivity contribution in [1.29, 1.82) is 0 Å². The fraction of sp³-hybridized carbons (Fsp3) is 0.417. The molecule has 188 valence electrons. The average molecular weight is 520 g/mol. The maximum atomic E-state index is 15.1. The van der Waals surface area contributed by atoms with Crippen molar-refractivity contribution in [3.8, 4) is 10.1 Å². The molecule has 3 aliphatic rings. The third-order valence-corrected chi connectivity index (χ3v) is 7.20. The topological polar surface area (TPSA) is 91.1 Å². The van der Waals surface area contributed by atoms with E-state index in [9.17, 15) is 4.79 Å². The molecule has 9 nitrogen and oxygen atoms in total. The van der Waals surface area contributed by atoms with Crippen molar-refractivity contribution in [3.63, 3.8) is 0 Å². The number of fused-ring (bicyclic) bond motifs is 5. The van der Waals surface area contributed by atoms with E-state index in [1.54, 1.807) is 11.8 Å². The monoisotopic (exact) mass is 519 g/mol. The van der Waals surface area contributed by atoms with Crippen LogP contribution in [0.2, 0.25) is 0 Å². The Morgan fingerprint density at radius 1 is 1.28 bits per heavy atom. The minimum absolute atomic E-state index is 0.0657. The number of benzene rings is 1. The highest BCUT2D eigenvalue weighted by Gasteiger charge is 2.38. The van der Waals surface area contributed by atoms with Gasteiger partial charge in [-0.1, -0.05) is 17.4 Å². The lowest BCUT2D eigenvalue weighted by Gasteiger charge is -2.37. The first kappa shape index (κ1) is 19.0. The van der Waals surface area contributed by atoms with Gasteiger partial charge in [0.15, 0.2) is 10.9 Å². The SMILES string of the molecule is [2H]C1([2H])OCc2c(sc3c2C(c2c(F)cccc2F)=N[C@@H](C)c2nc(C(=O)N4CC(OCC)C4)nn2-3)OC1([2H])[2H]. The lowest BCUT2D eigenvalue weighted by molar-refractivity contribution is -0.0382. The number of halogens is 2. The molecule has 2 aromatic heterocycles. The van der Waals surface area contributed by atoms with Gasteiger partial charge in [0, 0.05) is 30.8 Å². The fourth-order valence-electron chi connectivity index (χ4n) is 4.39. The van der Waals surface area contributed by atoms with Crippen LogP contribution in [0.3, 0.4) is 0 Å². The molecule has 0 radical (unpaired) electrons. The van der Waals surface area contributed by atoms with E-state index in [0.29, 0.717) is 19.7 Å². The summed E-state index contributed by atoms with van der Waals surface area (Å²) in [6.07, 6.45) is -0.0657. The largest absolute Gasteiger partial charge is 0.481 e. The van der Waals surface area contributed by atoms with E-state index in [2.05, 4.69) is 15.1 Å². The van der Waals surface area contributed by atoms with Gasteiger partial charge in [-0.05, 0) is 26.0 Å². The van der Waals surface area contributed by atoms with Crippen LogP contribution >= 0.6 is 11.3 Å². The van der Waals surface area contributed by atoms with Crippen LogP contribution in [0.4, 0.5) is 8.78 Å². The molecule has 0 aliphatic carbocycles. The van der Waals surface area contributed by atoms with Gasteiger partial charge < -0.3 is 19.1 Å². The van der Waals surface area contributed by atoms with Crippen LogP contribution in [-0.2, 0) is 16.1 Å². The number of likely N-dealkylation sites (tertiary alicyclic amines) is 1. The normalized spacial score (nSPS) is 23.7. The van der Waals surface area contributed by atoms with E-state index in [1.807, 2.05) is 6.92 Å². The van der Waals surface area contributed by atoms with E-state index in [0.717, 1.165) is 23.5 Å². The highest BCUT2D eigenvalue weighted by Crippen LogP contribution is 2.44. The zero-order chi connectivity index (χ0) is 28.6. The van der Waals surface area contributed by atoms with Crippen molar-refractivity contribution in [2.75, 3.05) is 32.8 Å². The Morgan fingerprint density at radius 2 is 2.06 bits per heavy atom. The Labute approximate surface area is 214 Å². The molecule has 0 N–H and O–H groups in total. The zero-order valence-corrected chi connectivity index (χ0v) is 20.1. The van der Waals surface area contributed by atoms with E-state index < -0.39 is 48.9 Å². The molecular weight excluding hydrogens is 492 g/mol. The van der Waals surface area contributed by atoms with Gasteiger partial charge in [0.1, 0.15) is 29.2 Å². The molecule has 1 atom stereocenters. The number of thiophene rings is 1. The van der Waals surface area contributed by atoms with Gasteiger partial charge in [0.2, 0.25) is 5.82 Å². The van der Waals surface area contributed by atoms with Crippen molar-refractivity contribution in [2.45, 2.75) is 32.6 Å². The second-order valence-electron chi connectivity index (χ2n) is 8.39. The van der Waals surface area contributed by atoms with Crippen LogP contribution in [0, 0.1) is 11.6 Å². The standard InChI is InChI=1S/C24H23F2N5O4S/c1-3-34-13-9-30(10-13)22(32)20-28-21-12(2)27-19(18-15(25)5-4-6-16(18)26)17-14-11-33-7-8-35-24(14)36-23(17)31(21)29-20/h4-6,12-13H,3,7-11H2,1-2H3/t12-/m0/s1/i7D2,8D2. The summed E-state index contributed by atoms with van der Waals surface area (Å²) in [5.41, 5.74) is -0.297. The maximum absolute atomic E-state index is 15.1. The van der Waals surface area contributed by atoms with Gasteiger partial charge in [0.05, 0.1) is 36.0 Å². The van der Waals surface area contributed by atoms with Crippen molar-refractivity contribution in [2.24, 2.45) is 4.99 Å². The lowest BCUT2D eigenvalue weighted by atomic mass is 9.99. The molecule has 6 rings (SSSR count). The third-order valence-electron chi connectivity index (χ3n) is 6.11. The van der Waals surface area contributed by atoms with Crippen LogP contribution in [-0.4, -0.2) is 70.2 Å². The lowest BCUT2D eigenvalue weighted by Crippen LogP contribution is -2.55. The fourth-order valence-corrected chi connectivity index (χ4v) is 5.48. The molecule has 12 heteroatoms. The number of ether oxygens (including phenoxy) is 3. The van der Waals surface area contributed by atoms with E-state index in [1.165, 1.54) is 10.7 Å². The minimum atomic E-state index is -2.89. The van der Waals surface area contributed by atoms with Crippen LogP contribution in [0.15, 0.2) is 23.2 Å². The highest BCUT2D eigenvalue weighted by molar-refractivity contribution is 7.17. The predicted molar refractivity (Wildman–Crippen MR) is 126 cm³/mol. The number of carbonyl (C=O) groups excluding carboxylic acids is 1. The summed E-state index contributed by atoms with van der Waals surface area (Å²) < 4.78 is 79.9. The molecule has 5 heterocycles. The smallest absolute Gasteiger partial charge is 0.293 e. The number of aromatic nitrogens is 3. The minimum Gasteiger partial charge on any atom is -0.481 e. The van der Waals surface area contributed by atoms with Gasteiger partial charge in [0.25, 0.3) is 5.91 Å². The van der Waals surface area contributed by atoms with Crippen molar-refractivity contribution in [3.05, 3.63) is 58.2 Å². The Kier molecular flexibility index (Phi) is 4.75. The Hall–Kier alpha value is -3.22. The summed E-state index contributed by atoms with van der Waals surface area (Å²) in [6, 6.07) is 2.58. The Bertz CT molecular complexity index is 1540. The number of carbonyl (C=O) groups is 1. The Balaban J connectivity index is 1.51. The van der Waals surface area contributed by atoms with Gasteiger partial charge in [-0.25, -0.2) is 18.4 Å². The predicted octanol–water partition coefficient (Wildman–Crippen LogP) is 3.29. The molecule has 1 aromatic carbocycles. The molecule has 36 heavy (non-hydrogen) atoms. The number of hydrogen-bond acceptors (Lipinski definition) is 8. The molecule has 3 aromatic rings.